The number of carbonyl (C=O) groups excluding carboxylic acids is 1. The zero-order chi connectivity index (χ0) is 21.8. The molecule has 164 valence electrons. The summed E-state index contributed by atoms with van der Waals surface area (Å²) in [7, 11) is 0. The number of benzene rings is 2. The molecular weight excluding hydrogens is 456 g/mol. The summed E-state index contributed by atoms with van der Waals surface area (Å²) in [5, 5.41) is 17.2. The maximum absolute atomic E-state index is 12.3. The number of halogens is 1. The van der Waals surface area contributed by atoms with Crippen molar-refractivity contribution >= 4 is 32.7 Å². The average Bonchev–Trinajstić information content (AvgIpc) is 3.13. The molecule has 0 spiro atoms. The molecule has 1 amide bonds. The molecule has 0 bridgehead atoms. The number of amides is 1. The van der Waals surface area contributed by atoms with Gasteiger partial charge in [0.1, 0.15) is 5.75 Å². The van der Waals surface area contributed by atoms with Crippen molar-refractivity contribution in [3.63, 3.8) is 0 Å². The number of phenols is 1. The minimum absolute atomic E-state index is 0.144. The van der Waals surface area contributed by atoms with Crippen LogP contribution in [0.3, 0.4) is 0 Å². The zero-order valence-electron chi connectivity index (χ0n) is 17.5. The van der Waals surface area contributed by atoms with Gasteiger partial charge in [0.05, 0.1) is 6.04 Å². The predicted molar refractivity (Wildman–Crippen MR) is 127 cm³/mol. The molecule has 0 fully saturated rings. The van der Waals surface area contributed by atoms with E-state index in [4.69, 9.17) is 5.73 Å². The Morgan fingerprint density at radius 1 is 1.23 bits per heavy atom. The fourth-order valence-corrected chi connectivity index (χ4v) is 4.69. The van der Waals surface area contributed by atoms with Gasteiger partial charge < -0.3 is 26.5 Å². The van der Waals surface area contributed by atoms with E-state index in [1.165, 1.54) is 28.6 Å². The van der Waals surface area contributed by atoms with Gasteiger partial charge in [-0.05, 0) is 80.1 Å². The second kappa shape index (κ2) is 9.85. The lowest BCUT2D eigenvalue weighted by atomic mass is 9.91. The molecule has 6 nitrogen and oxygen atoms in total. The van der Waals surface area contributed by atoms with Crippen LogP contribution in [0.1, 0.15) is 42.1 Å². The first kappa shape index (κ1) is 21.9. The number of carbonyl (C=O) groups is 1. The molecule has 3 aromatic rings. The Hall–Kier alpha value is -2.35. The maximum atomic E-state index is 12.3. The number of H-pyrrole nitrogens is 1. The number of aromatic hydroxyl groups is 1. The van der Waals surface area contributed by atoms with Gasteiger partial charge in [-0.25, -0.2) is 0 Å². The molecule has 6 N–H and O–H groups in total. The molecule has 1 unspecified atom stereocenters. The first-order valence-corrected chi connectivity index (χ1v) is 11.6. The van der Waals surface area contributed by atoms with Gasteiger partial charge in [-0.2, -0.15) is 0 Å². The lowest BCUT2D eigenvalue weighted by Crippen LogP contribution is -2.42. The highest BCUT2D eigenvalue weighted by atomic mass is 79.9. The van der Waals surface area contributed by atoms with Gasteiger partial charge in [-0.15, -0.1) is 0 Å². The zero-order valence-corrected chi connectivity index (χ0v) is 19.0. The van der Waals surface area contributed by atoms with E-state index in [-0.39, 0.29) is 11.7 Å². The third-order valence-corrected chi connectivity index (χ3v) is 6.43. The second-order valence-electron chi connectivity index (χ2n) is 8.23. The molecule has 1 heterocycles. The van der Waals surface area contributed by atoms with Crippen molar-refractivity contribution < 1.29 is 9.90 Å². The van der Waals surface area contributed by atoms with E-state index in [1.54, 1.807) is 24.3 Å². The molecule has 4 rings (SSSR count). The van der Waals surface area contributed by atoms with E-state index in [1.807, 2.05) is 0 Å². The summed E-state index contributed by atoms with van der Waals surface area (Å²) in [6.07, 6.45) is 4.69. The number of nitrogens with two attached hydrogens (primary N) is 1. The van der Waals surface area contributed by atoms with Gasteiger partial charge in [-0.1, -0.05) is 28.1 Å². The Morgan fingerprint density at radius 2 is 2.03 bits per heavy atom. The number of aromatic nitrogens is 1. The van der Waals surface area contributed by atoms with Gasteiger partial charge in [0, 0.05) is 33.7 Å². The van der Waals surface area contributed by atoms with Gasteiger partial charge in [-0.3, -0.25) is 4.79 Å². The van der Waals surface area contributed by atoms with Gasteiger partial charge >= 0.3 is 0 Å². The van der Waals surface area contributed by atoms with Gasteiger partial charge in [0.2, 0.25) is 5.91 Å². The summed E-state index contributed by atoms with van der Waals surface area (Å²) in [6.45, 7) is 1.42. The van der Waals surface area contributed by atoms with Crippen molar-refractivity contribution in [3.05, 3.63) is 63.8 Å². The summed E-state index contributed by atoms with van der Waals surface area (Å²) in [4.78, 5) is 15.9. The molecule has 0 saturated carbocycles. The maximum Gasteiger partial charge on any atom is 0.237 e. The quantitative estimate of drug-likeness (QED) is 0.314. The number of phenolic OH excluding ortho intramolecular Hbond substituents is 1. The van der Waals surface area contributed by atoms with Crippen molar-refractivity contribution in [2.45, 2.75) is 44.2 Å². The van der Waals surface area contributed by atoms with Crippen LogP contribution in [0.5, 0.6) is 5.75 Å². The Bertz CT molecular complexity index is 1050. The number of hydrogen-bond acceptors (Lipinski definition) is 4. The number of aryl methyl sites for hydroxylation is 1. The highest BCUT2D eigenvalue weighted by Gasteiger charge is 2.23. The molecule has 1 aromatic heterocycles. The van der Waals surface area contributed by atoms with Crippen LogP contribution < -0.4 is 16.4 Å². The highest BCUT2D eigenvalue weighted by Crippen LogP contribution is 2.35. The summed E-state index contributed by atoms with van der Waals surface area (Å²) in [5.74, 6) is 0.0638. The normalized spacial score (nSPS) is 16.8. The van der Waals surface area contributed by atoms with E-state index in [2.05, 4.69) is 49.7 Å². The van der Waals surface area contributed by atoms with Crippen molar-refractivity contribution in [3.8, 4) is 5.75 Å². The lowest BCUT2D eigenvalue weighted by Gasteiger charge is -2.24. The molecule has 0 aliphatic heterocycles. The first-order chi connectivity index (χ1) is 15.0. The van der Waals surface area contributed by atoms with Crippen molar-refractivity contribution in [2.75, 3.05) is 13.1 Å². The molecule has 0 saturated heterocycles. The molecular formula is C24H29BrN4O2. The minimum atomic E-state index is -0.593. The fraction of sp³-hybridized carbons (Fsp3) is 0.375. The SMILES string of the molecule is N[C@@H](Cc1ccc(O)cc1)C(=O)NCCCNC1CCCc2c1[nH]c1ccc(Br)cc21. The van der Waals surface area contributed by atoms with Crippen LogP contribution in [0.4, 0.5) is 0 Å². The molecule has 1 aliphatic rings. The van der Waals surface area contributed by atoms with Crippen LogP contribution in [0.15, 0.2) is 46.9 Å². The number of aromatic amines is 1. The predicted octanol–water partition coefficient (Wildman–Crippen LogP) is 3.68. The highest BCUT2D eigenvalue weighted by molar-refractivity contribution is 9.10. The number of fused-ring (bicyclic) bond motifs is 3. The standard InChI is InChI=1S/C24H29BrN4O2/c25-16-7-10-21-19(14-16)18-3-1-4-22(23(18)29-21)27-11-2-12-28-24(31)20(26)13-15-5-8-17(30)9-6-15/h5-10,14,20,22,27,29-30H,1-4,11-13,26H2,(H,28,31)/t20-,22?/m0/s1. The molecule has 31 heavy (non-hydrogen) atoms. The van der Waals surface area contributed by atoms with Crippen LogP contribution in [-0.4, -0.2) is 35.1 Å². The summed E-state index contributed by atoms with van der Waals surface area (Å²) < 4.78 is 1.11. The van der Waals surface area contributed by atoms with Crippen molar-refractivity contribution in [1.29, 1.82) is 0 Å². The van der Waals surface area contributed by atoms with E-state index in [0.717, 1.165) is 35.8 Å². The third kappa shape index (κ3) is 5.29. The van der Waals surface area contributed by atoms with E-state index in [9.17, 15) is 9.90 Å². The summed E-state index contributed by atoms with van der Waals surface area (Å²) in [6, 6.07) is 12.9. The third-order valence-electron chi connectivity index (χ3n) is 5.94. The number of nitrogens with one attached hydrogen (secondary N) is 3. The first-order valence-electron chi connectivity index (χ1n) is 10.9. The van der Waals surface area contributed by atoms with Gasteiger partial charge in [0.25, 0.3) is 0 Å². The van der Waals surface area contributed by atoms with Crippen LogP contribution in [0.2, 0.25) is 0 Å². The fourth-order valence-electron chi connectivity index (χ4n) is 4.32. The molecule has 0 radical (unpaired) electrons. The van der Waals surface area contributed by atoms with E-state index in [0.29, 0.717) is 19.0 Å². The molecule has 7 heteroatoms. The number of rotatable bonds is 8. The Morgan fingerprint density at radius 3 is 2.84 bits per heavy atom. The summed E-state index contributed by atoms with van der Waals surface area (Å²) in [5.41, 5.74) is 10.9. The van der Waals surface area contributed by atoms with Crippen LogP contribution in [-0.2, 0) is 17.6 Å². The summed E-state index contributed by atoms with van der Waals surface area (Å²) >= 11 is 3.58. The topological polar surface area (TPSA) is 103 Å². The van der Waals surface area contributed by atoms with Crippen molar-refractivity contribution in [1.82, 2.24) is 15.6 Å². The van der Waals surface area contributed by atoms with Crippen molar-refractivity contribution in [2.24, 2.45) is 5.73 Å². The minimum Gasteiger partial charge on any atom is -0.508 e. The monoisotopic (exact) mass is 484 g/mol. The Labute approximate surface area is 190 Å². The smallest absolute Gasteiger partial charge is 0.237 e. The van der Waals surface area contributed by atoms with Gasteiger partial charge in [0.15, 0.2) is 0 Å². The average molecular weight is 485 g/mol. The van der Waals surface area contributed by atoms with Crippen LogP contribution >= 0.6 is 15.9 Å². The molecule has 1 aliphatic carbocycles. The molecule has 2 atom stereocenters. The van der Waals surface area contributed by atoms with Crippen LogP contribution in [0, 0.1) is 0 Å². The van der Waals surface area contributed by atoms with E-state index < -0.39 is 6.04 Å². The Kier molecular flexibility index (Phi) is 6.95. The number of hydrogen-bond donors (Lipinski definition) is 5. The lowest BCUT2D eigenvalue weighted by molar-refractivity contribution is -0.122. The second-order valence-corrected chi connectivity index (χ2v) is 9.14. The van der Waals surface area contributed by atoms with Crippen LogP contribution in [0.25, 0.3) is 10.9 Å². The van der Waals surface area contributed by atoms with E-state index >= 15 is 0 Å². The molecule has 2 aromatic carbocycles. The largest absolute Gasteiger partial charge is 0.508 e. The Balaban J connectivity index is 1.23.